The molecule has 3 heteroatoms. The van der Waals surface area contributed by atoms with Gasteiger partial charge in [0, 0.05) is 5.92 Å². The van der Waals surface area contributed by atoms with E-state index < -0.39 is 5.97 Å². The standard InChI is InChI=1S/C20H32O3/c1-14-6-9-17-19(2,3)10-5-11-20(17,4)16(14)8-7-15(13-21)12-18(22)23/h13,15-17H,1,5-12H2,2-4H3,(H,22,23). The molecule has 0 aromatic heterocycles. The highest BCUT2D eigenvalue weighted by Crippen LogP contribution is 2.61. The Bertz CT molecular complexity index is 479. The molecule has 2 fully saturated rings. The molecule has 0 radical (unpaired) electrons. The van der Waals surface area contributed by atoms with Crippen LogP contribution < -0.4 is 0 Å². The molecule has 0 spiro atoms. The van der Waals surface area contributed by atoms with Crippen LogP contribution in [0, 0.1) is 28.6 Å². The van der Waals surface area contributed by atoms with Crippen molar-refractivity contribution in [2.24, 2.45) is 28.6 Å². The van der Waals surface area contributed by atoms with Crippen LogP contribution >= 0.6 is 0 Å². The Kier molecular flexibility index (Phi) is 5.37. The third-order valence-corrected chi connectivity index (χ3v) is 6.77. The molecule has 0 heterocycles. The summed E-state index contributed by atoms with van der Waals surface area (Å²) in [5.41, 5.74) is 1.95. The lowest BCUT2D eigenvalue weighted by Gasteiger charge is -2.58. The van der Waals surface area contributed by atoms with E-state index in [1.807, 2.05) is 0 Å². The van der Waals surface area contributed by atoms with Gasteiger partial charge < -0.3 is 9.90 Å². The topological polar surface area (TPSA) is 54.4 Å². The summed E-state index contributed by atoms with van der Waals surface area (Å²) in [5, 5.41) is 8.93. The summed E-state index contributed by atoms with van der Waals surface area (Å²) in [4.78, 5) is 22.1. The lowest BCUT2D eigenvalue weighted by Crippen LogP contribution is -2.49. The van der Waals surface area contributed by atoms with Gasteiger partial charge in [0.2, 0.25) is 0 Å². The summed E-state index contributed by atoms with van der Waals surface area (Å²) in [6.07, 6.45) is 8.44. The number of carbonyl (C=O) groups is 2. The quantitative estimate of drug-likeness (QED) is 0.562. The van der Waals surface area contributed by atoms with Gasteiger partial charge >= 0.3 is 5.97 Å². The first kappa shape index (κ1) is 18.2. The summed E-state index contributed by atoms with van der Waals surface area (Å²) >= 11 is 0. The maximum Gasteiger partial charge on any atom is 0.304 e. The minimum atomic E-state index is -0.882. The predicted octanol–water partition coefficient (Wildman–Crippen LogP) is 4.86. The highest BCUT2D eigenvalue weighted by atomic mass is 16.4. The van der Waals surface area contributed by atoms with Crippen molar-refractivity contribution in [2.45, 2.75) is 72.1 Å². The molecule has 4 atom stereocenters. The number of aldehydes is 1. The van der Waals surface area contributed by atoms with Gasteiger partial charge in [-0.25, -0.2) is 0 Å². The maximum atomic E-state index is 11.2. The van der Waals surface area contributed by atoms with Crippen molar-refractivity contribution in [3.63, 3.8) is 0 Å². The number of rotatable bonds is 6. The van der Waals surface area contributed by atoms with Gasteiger partial charge in [-0.05, 0) is 61.2 Å². The van der Waals surface area contributed by atoms with E-state index in [2.05, 4.69) is 27.4 Å². The fraction of sp³-hybridized carbons (Fsp3) is 0.800. The molecule has 2 saturated carbocycles. The molecule has 23 heavy (non-hydrogen) atoms. The molecule has 3 nitrogen and oxygen atoms in total. The van der Waals surface area contributed by atoms with Gasteiger partial charge in [-0.15, -0.1) is 0 Å². The van der Waals surface area contributed by atoms with Crippen molar-refractivity contribution in [1.82, 2.24) is 0 Å². The molecule has 0 saturated heterocycles. The van der Waals surface area contributed by atoms with E-state index in [1.165, 1.54) is 31.3 Å². The molecule has 130 valence electrons. The summed E-state index contributed by atoms with van der Waals surface area (Å²) in [5.74, 6) is -0.112. The third kappa shape index (κ3) is 3.70. The van der Waals surface area contributed by atoms with Gasteiger partial charge in [0.25, 0.3) is 0 Å². The minimum absolute atomic E-state index is 0.0473. The van der Waals surface area contributed by atoms with E-state index in [0.717, 1.165) is 19.1 Å². The Labute approximate surface area is 140 Å². The Hall–Kier alpha value is -1.12. The zero-order valence-corrected chi connectivity index (χ0v) is 14.9. The van der Waals surface area contributed by atoms with Crippen LogP contribution in [0.2, 0.25) is 0 Å². The highest BCUT2D eigenvalue weighted by molar-refractivity contribution is 5.71. The molecule has 0 amide bonds. The second-order valence-electron chi connectivity index (χ2n) is 8.72. The lowest BCUT2D eigenvalue weighted by atomic mass is 9.47. The average Bonchev–Trinajstić information content (AvgIpc) is 2.43. The van der Waals surface area contributed by atoms with Gasteiger partial charge in [-0.1, -0.05) is 39.3 Å². The van der Waals surface area contributed by atoms with Crippen molar-refractivity contribution < 1.29 is 14.7 Å². The molecule has 1 N–H and O–H groups in total. The zero-order valence-electron chi connectivity index (χ0n) is 14.9. The maximum absolute atomic E-state index is 11.2. The lowest BCUT2D eigenvalue weighted by molar-refractivity contribution is -0.139. The smallest absolute Gasteiger partial charge is 0.304 e. The van der Waals surface area contributed by atoms with Crippen molar-refractivity contribution >= 4 is 12.3 Å². The van der Waals surface area contributed by atoms with Gasteiger partial charge in [0.05, 0.1) is 6.42 Å². The van der Waals surface area contributed by atoms with Gasteiger partial charge in [0.1, 0.15) is 6.29 Å². The zero-order chi connectivity index (χ0) is 17.3. The van der Waals surface area contributed by atoms with E-state index in [0.29, 0.717) is 23.7 Å². The third-order valence-electron chi connectivity index (χ3n) is 6.77. The molecule has 2 aliphatic rings. The van der Waals surface area contributed by atoms with Crippen LogP contribution in [0.25, 0.3) is 0 Å². The number of hydrogen-bond donors (Lipinski definition) is 1. The molecule has 0 bridgehead atoms. The van der Waals surface area contributed by atoms with Gasteiger partial charge in [0.15, 0.2) is 0 Å². The first-order chi connectivity index (χ1) is 10.7. The fourth-order valence-corrected chi connectivity index (χ4v) is 5.63. The molecular weight excluding hydrogens is 288 g/mol. The van der Waals surface area contributed by atoms with Crippen LogP contribution in [0.4, 0.5) is 0 Å². The van der Waals surface area contributed by atoms with E-state index >= 15 is 0 Å². The molecule has 4 unspecified atom stereocenters. The number of carboxylic acid groups (broad SMARTS) is 1. The van der Waals surface area contributed by atoms with Crippen molar-refractivity contribution in [1.29, 1.82) is 0 Å². The number of carbonyl (C=O) groups excluding carboxylic acids is 1. The summed E-state index contributed by atoms with van der Waals surface area (Å²) < 4.78 is 0. The average molecular weight is 320 g/mol. The largest absolute Gasteiger partial charge is 0.481 e. The highest BCUT2D eigenvalue weighted by Gasteiger charge is 2.52. The number of aliphatic carboxylic acids is 1. The van der Waals surface area contributed by atoms with E-state index in [4.69, 9.17) is 5.11 Å². The van der Waals surface area contributed by atoms with Crippen molar-refractivity contribution in [3.8, 4) is 0 Å². The number of carboxylic acids is 1. The number of hydrogen-bond acceptors (Lipinski definition) is 2. The Balaban J connectivity index is 2.13. The second kappa shape index (κ2) is 6.78. The summed E-state index contributed by atoms with van der Waals surface area (Å²) in [7, 11) is 0. The molecule has 0 aliphatic heterocycles. The normalized spacial score (nSPS) is 34.5. The van der Waals surface area contributed by atoms with Crippen molar-refractivity contribution in [2.75, 3.05) is 0 Å². The van der Waals surface area contributed by atoms with E-state index in [-0.39, 0.29) is 17.8 Å². The van der Waals surface area contributed by atoms with Crippen LogP contribution in [-0.2, 0) is 9.59 Å². The van der Waals surface area contributed by atoms with Crippen LogP contribution in [-0.4, -0.2) is 17.4 Å². The SMILES string of the molecule is C=C1CCC2C(C)(C)CCCC2(C)C1CCC(C=O)CC(=O)O. The second-order valence-corrected chi connectivity index (χ2v) is 8.72. The van der Waals surface area contributed by atoms with Gasteiger partial charge in [-0.3, -0.25) is 4.79 Å². The molecule has 2 aliphatic carbocycles. The predicted molar refractivity (Wildman–Crippen MR) is 92.1 cm³/mol. The molecular formula is C20H32O3. The summed E-state index contributed by atoms with van der Waals surface area (Å²) in [6.45, 7) is 11.6. The van der Waals surface area contributed by atoms with Crippen LogP contribution in [0.5, 0.6) is 0 Å². The van der Waals surface area contributed by atoms with Crippen LogP contribution in [0.15, 0.2) is 12.2 Å². The fourth-order valence-electron chi connectivity index (χ4n) is 5.63. The van der Waals surface area contributed by atoms with Crippen LogP contribution in [0.3, 0.4) is 0 Å². The first-order valence-electron chi connectivity index (χ1n) is 9.05. The monoisotopic (exact) mass is 320 g/mol. The van der Waals surface area contributed by atoms with Crippen LogP contribution in [0.1, 0.15) is 72.1 Å². The Morgan fingerprint density at radius 1 is 1.39 bits per heavy atom. The number of fused-ring (bicyclic) bond motifs is 1. The molecule has 0 aromatic rings. The Morgan fingerprint density at radius 2 is 2.09 bits per heavy atom. The Morgan fingerprint density at radius 3 is 2.70 bits per heavy atom. The number of allylic oxidation sites excluding steroid dienone is 1. The minimum Gasteiger partial charge on any atom is -0.481 e. The van der Waals surface area contributed by atoms with E-state index in [9.17, 15) is 9.59 Å². The van der Waals surface area contributed by atoms with Gasteiger partial charge in [-0.2, -0.15) is 0 Å². The van der Waals surface area contributed by atoms with E-state index in [1.54, 1.807) is 0 Å². The molecule has 0 aromatic carbocycles. The first-order valence-corrected chi connectivity index (χ1v) is 9.05. The summed E-state index contributed by atoms with van der Waals surface area (Å²) in [6, 6.07) is 0. The molecule has 2 rings (SSSR count). The van der Waals surface area contributed by atoms with Crippen molar-refractivity contribution in [3.05, 3.63) is 12.2 Å².